The van der Waals surface area contributed by atoms with Crippen LogP contribution in [0, 0.1) is 0 Å². The molecule has 1 N–H and O–H groups in total. The monoisotopic (exact) mass is 325 g/mol. The first-order valence-electron chi connectivity index (χ1n) is 6.91. The summed E-state index contributed by atoms with van der Waals surface area (Å²) in [5.41, 5.74) is 1.39. The van der Waals surface area contributed by atoms with Gasteiger partial charge in [-0.05, 0) is 45.3 Å². The molecular weight excluding hydrogens is 302 g/mol. The van der Waals surface area contributed by atoms with Gasteiger partial charge in [0.2, 0.25) is 0 Å². The number of hydrogen-bond acceptors (Lipinski definition) is 3. The average molecular weight is 326 g/mol. The first-order valence-corrected chi connectivity index (χ1v) is 7.70. The molecular formula is C15H24BrN3. The lowest BCUT2D eigenvalue weighted by Crippen LogP contribution is -2.50. The molecule has 1 aliphatic heterocycles. The Bertz CT molecular complexity index is 408. The summed E-state index contributed by atoms with van der Waals surface area (Å²) in [5, 5.41) is 3.50. The molecule has 0 saturated carbocycles. The van der Waals surface area contributed by atoms with Crippen molar-refractivity contribution in [3.05, 3.63) is 34.3 Å². The third-order valence-corrected chi connectivity index (χ3v) is 4.49. The van der Waals surface area contributed by atoms with E-state index < -0.39 is 0 Å². The lowest BCUT2D eigenvalue weighted by Gasteiger charge is -2.37. The van der Waals surface area contributed by atoms with E-state index in [1.54, 1.807) is 0 Å². The summed E-state index contributed by atoms with van der Waals surface area (Å²) in [6.07, 6.45) is 1.16. The summed E-state index contributed by atoms with van der Waals surface area (Å²) in [4.78, 5) is 4.80. The summed E-state index contributed by atoms with van der Waals surface area (Å²) >= 11 is 3.58. The number of hydrogen-bond donors (Lipinski definition) is 1. The van der Waals surface area contributed by atoms with E-state index in [2.05, 4.69) is 76.5 Å². The van der Waals surface area contributed by atoms with E-state index >= 15 is 0 Å². The Hall–Kier alpha value is -0.420. The minimum absolute atomic E-state index is 0.463. The third kappa shape index (κ3) is 4.02. The maximum absolute atomic E-state index is 3.58. The molecule has 19 heavy (non-hydrogen) atoms. The standard InChI is InChI=1S/C15H24BrN3/c1-18(2)15(12-5-4-6-13(16)9-12)10-14-11-17-7-8-19(14)3/h4-6,9,14-15,17H,7-8,10-11H2,1-3H3. The van der Waals surface area contributed by atoms with Crippen LogP contribution in [0.1, 0.15) is 18.0 Å². The van der Waals surface area contributed by atoms with E-state index in [9.17, 15) is 0 Å². The molecule has 1 aliphatic rings. The molecule has 0 spiro atoms. The van der Waals surface area contributed by atoms with Gasteiger partial charge >= 0.3 is 0 Å². The molecule has 1 heterocycles. The topological polar surface area (TPSA) is 18.5 Å². The van der Waals surface area contributed by atoms with Gasteiger partial charge in [0, 0.05) is 36.2 Å². The van der Waals surface area contributed by atoms with E-state index in [0.29, 0.717) is 12.1 Å². The van der Waals surface area contributed by atoms with Gasteiger partial charge < -0.3 is 15.1 Å². The predicted octanol–water partition coefficient (Wildman–Crippen LogP) is 2.35. The highest BCUT2D eigenvalue weighted by Gasteiger charge is 2.24. The maximum atomic E-state index is 3.58. The van der Waals surface area contributed by atoms with Crippen molar-refractivity contribution in [1.29, 1.82) is 0 Å². The molecule has 2 rings (SSSR count). The van der Waals surface area contributed by atoms with Gasteiger partial charge in [-0.2, -0.15) is 0 Å². The van der Waals surface area contributed by atoms with Crippen molar-refractivity contribution in [2.24, 2.45) is 0 Å². The van der Waals surface area contributed by atoms with Crippen molar-refractivity contribution >= 4 is 15.9 Å². The highest BCUT2D eigenvalue weighted by molar-refractivity contribution is 9.10. The Morgan fingerprint density at radius 1 is 1.47 bits per heavy atom. The number of nitrogens with zero attached hydrogens (tertiary/aromatic N) is 2. The third-order valence-electron chi connectivity index (χ3n) is 4.00. The molecule has 1 fully saturated rings. The van der Waals surface area contributed by atoms with E-state index in [0.717, 1.165) is 30.5 Å². The Morgan fingerprint density at radius 2 is 2.26 bits per heavy atom. The highest BCUT2D eigenvalue weighted by Crippen LogP contribution is 2.27. The van der Waals surface area contributed by atoms with Crippen LogP contribution in [0.5, 0.6) is 0 Å². The number of likely N-dealkylation sites (N-methyl/N-ethyl adjacent to an activating group) is 1. The van der Waals surface area contributed by atoms with Gasteiger partial charge in [0.15, 0.2) is 0 Å². The first kappa shape index (κ1) is 15.0. The fourth-order valence-electron chi connectivity index (χ4n) is 2.74. The van der Waals surface area contributed by atoms with Crippen molar-refractivity contribution in [2.75, 3.05) is 40.8 Å². The van der Waals surface area contributed by atoms with E-state index in [-0.39, 0.29) is 0 Å². The molecule has 2 unspecified atom stereocenters. The maximum Gasteiger partial charge on any atom is 0.0357 e. The zero-order chi connectivity index (χ0) is 13.8. The van der Waals surface area contributed by atoms with Crippen LogP contribution in [0.15, 0.2) is 28.7 Å². The lowest BCUT2D eigenvalue weighted by atomic mass is 9.97. The zero-order valence-electron chi connectivity index (χ0n) is 12.1. The molecule has 0 radical (unpaired) electrons. The van der Waals surface area contributed by atoms with Gasteiger partial charge in [-0.15, -0.1) is 0 Å². The zero-order valence-corrected chi connectivity index (χ0v) is 13.7. The van der Waals surface area contributed by atoms with Crippen molar-refractivity contribution in [3.63, 3.8) is 0 Å². The fraction of sp³-hybridized carbons (Fsp3) is 0.600. The number of halogens is 1. The average Bonchev–Trinajstić information content (AvgIpc) is 2.37. The molecule has 0 aromatic heterocycles. The van der Waals surface area contributed by atoms with Crippen LogP contribution >= 0.6 is 15.9 Å². The van der Waals surface area contributed by atoms with Gasteiger partial charge in [0.25, 0.3) is 0 Å². The predicted molar refractivity (Wildman–Crippen MR) is 84.5 cm³/mol. The number of nitrogens with one attached hydrogen (secondary N) is 1. The van der Waals surface area contributed by atoms with Crippen molar-refractivity contribution in [3.8, 4) is 0 Å². The summed E-state index contributed by atoms with van der Waals surface area (Å²) in [5.74, 6) is 0. The van der Waals surface area contributed by atoms with Crippen LogP contribution in [0.2, 0.25) is 0 Å². The number of piperazine rings is 1. The minimum atomic E-state index is 0.463. The summed E-state index contributed by atoms with van der Waals surface area (Å²) in [7, 11) is 6.57. The quantitative estimate of drug-likeness (QED) is 0.916. The van der Waals surface area contributed by atoms with Crippen LogP contribution in [0.25, 0.3) is 0 Å². The Balaban J connectivity index is 2.12. The summed E-state index contributed by atoms with van der Waals surface area (Å²) in [6.45, 7) is 3.34. The molecule has 106 valence electrons. The van der Waals surface area contributed by atoms with Gasteiger partial charge in [-0.1, -0.05) is 28.1 Å². The molecule has 1 aromatic carbocycles. The second kappa shape index (κ2) is 6.84. The Kier molecular flexibility index (Phi) is 5.39. The number of benzene rings is 1. The molecule has 2 atom stereocenters. The van der Waals surface area contributed by atoms with Gasteiger partial charge in [-0.25, -0.2) is 0 Å². The first-order chi connectivity index (χ1) is 9.08. The van der Waals surface area contributed by atoms with Crippen molar-refractivity contribution in [2.45, 2.75) is 18.5 Å². The summed E-state index contributed by atoms with van der Waals surface area (Å²) in [6, 6.07) is 9.75. The van der Waals surface area contributed by atoms with E-state index in [1.165, 1.54) is 5.56 Å². The van der Waals surface area contributed by atoms with Gasteiger partial charge in [-0.3, -0.25) is 0 Å². The van der Waals surface area contributed by atoms with E-state index in [4.69, 9.17) is 0 Å². The van der Waals surface area contributed by atoms with Gasteiger partial charge in [0.1, 0.15) is 0 Å². The van der Waals surface area contributed by atoms with Crippen LogP contribution in [0.3, 0.4) is 0 Å². The number of rotatable bonds is 4. The SMILES string of the molecule is CN(C)C(CC1CNCCN1C)c1cccc(Br)c1. The highest BCUT2D eigenvalue weighted by atomic mass is 79.9. The van der Waals surface area contributed by atoms with Crippen LogP contribution in [-0.4, -0.2) is 56.6 Å². The fourth-order valence-corrected chi connectivity index (χ4v) is 3.16. The van der Waals surface area contributed by atoms with Crippen LogP contribution < -0.4 is 5.32 Å². The van der Waals surface area contributed by atoms with Crippen molar-refractivity contribution < 1.29 is 0 Å². The Morgan fingerprint density at radius 3 is 2.89 bits per heavy atom. The smallest absolute Gasteiger partial charge is 0.0357 e. The lowest BCUT2D eigenvalue weighted by molar-refractivity contribution is 0.149. The molecule has 4 heteroatoms. The minimum Gasteiger partial charge on any atom is -0.314 e. The largest absolute Gasteiger partial charge is 0.314 e. The molecule has 3 nitrogen and oxygen atoms in total. The molecule has 0 aliphatic carbocycles. The van der Waals surface area contributed by atoms with E-state index in [1.807, 2.05) is 0 Å². The molecule has 1 aromatic rings. The normalized spacial score (nSPS) is 22.7. The molecule has 0 amide bonds. The van der Waals surface area contributed by atoms with Crippen molar-refractivity contribution in [1.82, 2.24) is 15.1 Å². The molecule has 1 saturated heterocycles. The Labute approximate surface area is 125 Å². The summed E-state index contributed by atoms with van der Waals surface area (Å²) < 4.78 is 1.16. The van der Waals surface area contributed by atoms with Crippen LogP contribution in [0.4, 0.5) is 0 Å². The van der Waals surface area contributed by atoms with Crippen LogP contribution in [-0.2, 0) is 0 Å². The molecule has 0 bridgehead atoms. The second-order valence-electron chi connectivity index (χ2n) is 5.61. The van der Waals surface area contributed by atoms with Gasteiger partial charge in [0.05, 0.1) is 0 Å². The second-order valence-corrected chi connectivity index (χ2v) is 6.52.